The largest absolute Gasteiger partial charge is 0.488 e. The second kappa shape index (κ2) is 5.72. The van der Waals surface area contributed by atoms with Crippen LogP contribution in [-0.4, -0.2) is 48.2 Å². The van der Waals surface area contributed by atoms with Gasteiger partial charge in [0.1, 0.15) is 0 Å². The van der Waals surface area contributed by atoms with Gasteiger partial charge in [-0.15, -0.1) is 0 Å². The molecule has 1 saturated carbocycles. The Morgan fingerprint density at radius 3 is 2.05 bits per heavy atom. The molecule has 21 heavy (non-hydrogen) atoms. The molecule has 2 aliphatic rings. The summed E-state index contributed by atoms with van der Waals surface area (Å²) in [6.07, 6.45) is 3.28. The normalized spacial score (nSPS) is 21.4. The molecule has 2 fully saturated rings. The molecule has 3 rings (SSSR count). The molecule has 0 aromatic heterocycles. The van der Waals surface area contributed by atoms with Crippen molar-refractivity contribution in [3.05, 3.63) is 29.8 Å². The maximum Gasteiger partial charge on any atom is 0.488 e. The van der Waals surface area contributed by atoms with Crippen LogP contribution >= 0.6 is 0 Å². The van der Waals surface area contributed by atoms with Gasteiger partial charge in [0.05, 0.1) is 5.25 Å². The van der Waals surface area contributed by atoms with Gasteiger partial charge in [-0.2, -0.15) is 0 Å². The Balaban J connectivity index is 1.63. The predicted octanol–water partition coefficient (Wildman–Crippen LogP) is 0.0380. The zero-order valence-electron chi connectivity index (χ0n) is 11.9. The Bertz CT molecular complexity index is 590. The Morgan fingerprint density at radius 2 is 1.57 bits per heavy atom. The molecule has 7 heteroatoms. The quantitative estimate of drug-likeness (QED) is 0.770. The molecule has 0 amide bonds. The van der Waals surface area contributed by atoms with E-state index in [9.17, 15) is 8.42 Å². The number of sulfonamides is 1. The van der Waals surface area contributed by atoms with Crippen molar-refractivity contribution >= 4 is 22.6 Å². The van der Waals surface area contributed by atoms with Crippen LogP contribution < -0.4 is 5.46 Å². The number of piperidine rings is 1. The molecule has 2 N–H and O–H groups in total. The minimum atomic E-state index is -3.05. The van der Waals surface area contributed by atoms with Gasteiger partial charge in [-0.25, -0.2) is 12.7 Å². The molecule has 1 saturated heterocycles. The third-order valence-electron chi connectivity index (χ3n) is 4.47. The molecular formula is C14H20BNO4S. The lowest BCUT2D eigenvalue weighted by Gasteiger charge is -2.31. The Labute approximate surface area is 125 Å². The molecular weight excluding hydrogens is 289 g/mol. The monoisotopic (exact) mass is 309 g/mol. The van der Waals surface area contributed by atoms with Crippen LogP contribution in [0.4, 0.5) is 0 Å². The summed E-state index contributed by atoms with van der Waals surface area (Å²) < 4.78 is 26.0. The molecule has 0 unspecified atom stereocenters. The lowest BCUT2D eigenvalue weighted by Crippen LogP contribution is -2.39. The van der Waals surface area contributed by atoms with Crippen molar-refractivity contribution in [2.75, 3.05) is 13.1 Å². The maximum atomic E-state index is 12.2. The standard InChI is InChI=1S/C14H20BNO4S/c17-15(18)13-3-1-11(2-4-13)12-7-9-16(10-8-12)21(19,20)14-5-6-14/h1-4,12,14,17-18H,5-10H2. The fraction of sp³-hybridized carbons (Fsp3) is 0.571. The van der Waals surface area contributed by atoms with Gasteiger partial charge in [0, 0.05) is 13.1 Å². The average Bonchev–Trinajstić information content (AvgIpc) is 3.32. The van der Waals surface area contributed by atoms with Gasteiger partial charge < -0.3 is 10.0 Å². The molecule has 0 atom stereocenters. The van der Waals surface area contributed by atoms with Crippen molar-refractivity contribution in [3.8, 4) is 0 Å². The highest BCUT2D eigenvalue weighted by Crippen LogP contribution is 2.35. The number of benzene rings is 1. The number of hydrogen-bond acceptors (Lipinski definition) is 4. The van der Waals surface area contributed by atoms with E-state index >= 15 is 0 Å². The maximum absolute atomic E-state index is 12.2. The van der Waals surface area contributed by atoms with Crippen molar-refractivity contribution in [1.29, 1.82) is 0 Å². The first-order chi connectivity index (χ1) is 9.98. The van der Waals surface area contributed by atoms with Crippen molar-refractivity contribution in [2.45, 2.75) is 36.9 Å². The van der Waals surface area contributed by atoms with Gasteiger partial charge in [-0.1, -0.05) is 24.3 Å². The fourth-order valence-electron chi connectivity index (χ4n) is 2.96. The smallest absolute Gasteiger partial charge is 0.423 e. The molecule has 1 aromatic carbocycles. The van der Waals surface area contributed by atoms with Crippen molar-refractivity contribution < 1.29 is 18.5 Å². The number of hydrogen-bond donors (Lipinski definition) is 2. The van der Waals surface area contributed by atoms with Crippen LogP contribution in [0.5, 0.6) is 0 Å². The third kappa shape index (κ3) is 3.16. The van der Waals surface area contributed by atoms with Crippen LogP contribution in [0.15, 0.2) is 24.3 Å². The van der Waals surface area contributed by atoms with Crippen LogP contribution in [0.2, 0.25) is 0 Å². The van der Waals surface area contributed by atoms with Crippen LogP contribution in [0.3, 0.4) is 0 Å². The van der Waals surface area contributed by atoms with E-state index in [-0.39, 0.29) is 5.25 Å². The summed E-state index contributed by atoms with van der Waals surface area (Å²) in [5.41, 5.74) is 1.62. The van der Waals surface area contributed by atoms with Crippen molar-refractivity contribution in [3.63, 3.8) is 0 Å². The van der Waals surface area contributed by atoms with E-state index in [1.54, 1.807) is 16.4 Å². The molecule has 1 aromatic rings. The highest BCUT2D eigenvalue weighted by molar-refractivity contribution is 7.90. The van der Waals surface area contributed by atoms with Crippen LogP contribution in [0.25, 0.3) is 0 Å². The molecule has 0 radical (unpaired) electrons. The van der Waals surface area contributed by atoms with Crippen LogP contribution in [0.1, 0.15) is 37.2 Å². The molecule has 0 spiro atoms. The molecule has 0 bridgehead atoms. The summed E-state index contributed by atoms with van der Waals surface area (Å²) >= 11 is 0. The average molecular weight is 309 g/mol. The van der Waals surface area contributed by atoms with E-state index in [2.05, 4.69) is 0 Å². The molecule has 114 valence electrons. The van der Waals surface area contributed by atoms with Crippen LogP contribution in [0, 0.1) is 0 Å². The van der Waals surface area contributed by atoms with Gasteiger partial charge in [-0.3, -0.25) is 0 Å². The van der Waals surface area contributed by atoms with Gasteiger partial charge >= 0.3 is 7.12 Å². The van der Waals surface area contributed by atoms with E-state index in [1.165, 1.54) is 0 Å². The lowest BCUT2D eigenvalue weighted by molar-refractivity contribution is 0.319. The zero-order chi connectivity index (χ0) is 15.0. The van der Waals surface area contributed by atoms with Crippen LogP contribution in [-0.2, 0) is 10.0 Å². The Hall–Kier alpha value is -0.885. The topological polar surface area (TPSA) is 77.8 Å². The molecule has 1 heterocycles. The summed E-state index contributed by atoms with van der Waals surface area (Å²) in [6.45, 7) is 1.18. The molecule has 1 aliphatic carbocycles. The third-order valence-corrected chi connectivity index (χ3v) is 6.86. The second-order valence-corrected chi connectivity index (χ2v) is 8.17. The first-order valence-electron chi connectivity index (χ1n) is 7.43. The van der Waals surface area contributed by atoms with E-state index in [0.717, 1.165) is 31.2 Å². The number of nitrogens with zero attached hydrogens (tertiary/aromatic N) is 1. The minimum absolute atomic E-state index is 0.126. The highest BCUT2D eigenvalue weighted by atomic mass is 32.2. The fourth-order valence-corrected chi connectivity index (χ4v) is 4.83. The van der Waals surface area contributed by atoms with E-state index < -0.39 is 17.1 Å². The summed E-state index contributed by atoms with van der Waals surface area (Å²) in [4.78, 5) is 0. The number of rotatable bonds is 4. The summed E-state index contributed by atoms with van der Waals surface area (Å²) in [6, 6.07) is 7.25. The minimum Gasteiger partial charge on any atom is -0.423 e. The Morgan fingerprint density at radius 1 is 1.00 bits per heavy atom. The van der Waals surface area contributed by atoms with Gasteiger partial charge in [0.2, 0.25) is 10.0 Å². The summed E-state index contributed by atoms with van der Waals surface area (Å²) in [7, 11) is -4.49. The van der Waals surface area contributed by atoms with Crippen molar-refractivity contribution in [2.24, 2.45) is 0 Å². The van der Waals surface area contributed by atoms with Gasteiger partial charge in [-0.05, 0) is 42.6 Å². The summed E-state index contributed by atoms with van der Waals surface area (Å²) in [5.74, 6) is 0.348. The summed E-state index contributed by atoms with van der Waals surface area (Å²) in [5, 5.41) is 18.1. The zero-order valence-corrected chi connectivity index (χ0v) is 12.7. The first-order valence-corrected chi connectivity index (χ1v) is 8.94. The first kappa shape index (κ1) is 15.0. The second-order valence-electron chi connectivity index (χ2n) is 5.96. The van der Waals surface area contributed by atoms with Gasteiger partial charge in [0.25, 0.3) is 0 Å². The van der Waals surface area contributed by atoms with Gasteiger partial charge in [0.15, 0.2) is 0 Å². The Kier molecular flexibility index (Phi) is 4.09. The SMILES string of the molecule is O=S(=O)(C1CC1)N1CCC(c2ccc(B(O)O)cc2)CC1. The highest BCUT2D eigenvalue weighted by Gasteiger charge is 2.41. The predicted molar refractivity (Wildman–Crippen MR) is 81.8 cm³/mol. The lowest BCUT2D eigenvalue weighted by atomic mass is 9.79. The van der Waals surface area contributed by atoms with E-state index in [4.69, 9.17) is 10.0 Å². The van der Waals surface area contributed by atoms with Crippen molar-refractivity contribution in [1.82, 2.24) is 4.31 Å². The van der Waals surface area contributed by atoms with E-state index in [1.807, 2.05) is 12.1 Å². The molecule has 5 nitrogen and oxygen atoms in total. The molecule has 1 aliphatic heterocycles. The van der Waals surface area contributed by atoms with E-state index in [0.29, 0.717) is 24.5 Å².